The smallest absolute Gasteiger partial charge is 0.303 e. The first kappa shape index (κ1) is 91.9. The number of carbonyl (C=O) groups is 12. The zero-order valence-electron chi connectivity index (χ0n) is 63.1. The predicted octanol–water partition coefficient (Wildman–Crippen LogP) is 4.86. The number of nitrogens with zero attached hydrogens (tertiary/aromatic N) is 3. The van der Waals surface area contributed by atoms with Crippen LogP contribution in [0.15, 0.2) is 129 Å². The van der Waals surface area contributed by atoms with E-state index in [-0.39, 0.29) is 61.3 Å². The molecular formula is C76H99N10O24S2-. The number of amides is 6. The number of anilines is 1. The molecule has 0 saturated heterocycles. The number of ketones is 1. The van der Waals surface area contributed by atoms with Gasteiger partial charge in [-0.05, 0) is 141 Å². The molecule has 0 fully saturated rings. The maximum absolute atomic E-state index is 14.3. The third kappa shape index (κ3) is 29.5. The highest BCUT2D eigenvalue weighted by molar-refractivity contribution is 7.85. The van der Waals surface area contributed by atoms with Gasteiger partial charge in [-0.25, -0.2) is 0 Å². The summed E-state index contributed by atoms with van der Waals surface area (Å²) in [5.41, 5.74) is 10.7. The van der Waals surface area contributed by atoms with Crippen molar-refractivity contribution in [3.05, 3.63) is 131 Å². The molecule has 2 heterocycles. The van der Waals surface area contributed by atoms with Crippen LogP contribution in [0.1, 0.15) is 160 Å². The number of nitrogens with one attached hydrogen (secondary N) is 6. The monoisotopic (exact) mass is 1600 g/mol. The Morgan fingerprint density at radius 3 is 1.79 bits per heavy atom. The van der Waals surface area contributed by atoms with Crippen molar-refractivity contribution >= 4 is 115 Å². The van der Waals surface area contributed by atoms with Gasteiger partial charge in [-0.1, -0.05) is 93.9 Å². The number of unbranched alkanes of at least 4 members (excludes halogenated alkanes) is 2. The lowest BCUT2D eigenvalue weighted by Crippen LogP contribution is -2.57. The van der Waals surface area contributed by atoms with E-state index >= 15 is 0 Å². The molecule has 5 rings (SSSR count). The minimum Gasteiger partial charge on any atom is -0.768 e. The van der Waals surface area contributed by atoms with E-state index in [0.717, 1.165) is 22.7 Å². The van der Waals surface area contributed by atoms with E-state index in [0.29, 0.717) is 60.5 Å². The molecule has 0 bridgehead atoms. The minimum atomic E-state index is -4.50. The summed E-state index contributed by atoms with van der Waals surface area (Å²) in [4.78, 5) is 166. The van der Waals surface area contributed by atoms with E-state index < -0.39 is 198 Å². The number of hydrogen-bond acceptors (Lipinski definition) is 22. The predicted molar refractivity (Wildman–Crippen MR) is 408 cm³/mol. The molecule has 2 aliphatic rings. The molecule has 0 saturated carbocycles. The number of Topliss-reactive ketones (excluding diaryl/α,β-unsaturated/α-hetero) is 1. The number of aliphatic carboxylic acids is 5. The molecule has 14 N–H and O–H groups in total. The van der Waals surface area contributed by atoms with Gasteiger partial charge in [-0.15, -0.1) is 0 Å². The fourth-order valence-corrected chi connectivity index (χ4v) is 13.1. The number of ether oxygens (including phenoxy) is 1. The van der Waals surface area contributed by atoms with Crippen LogP contribution in [-0.4, -0.2) is 199 Å². The summed E-state index contributed by atoms with van der Waals surface area (Å²) >= 11 is -2.37. The van der Waals surface area contributed by atoms with Crippen molar-refractivity contribution in [1.82, 2.24) is 31.9 Å². The number of aliphatic imine (C=N–C) groups is 1. The second kappa shape index (κ2) is 44.4. The van der Waals surface area contributed by atoms with E-state index in [4.69, 9.17) is 25.4 Å². The van der Waals surface area contributed by atoms with Crippen LogP contribution in [-0.2, 0) is 106 Å². The SMILES string of the molecule is CCOCCNC(=O)[C@H](Cc1ccc(/C(C)=N/OCCNC(=O)CCCCCN2/C(=C/C=C/C=C/C=C/C3=Nc4ccc(S(=O)[O-])cc4C3(C)C)C(C)(C)c3cc(S(=O)(=O)O)ccc32)cc1)NC(=O)[C@@H](CCC(=O)O)NC(=O)[C@@H](CCC(=O)O)NC(=O)[C@@H](CCC(=O)O)CC(=O)[C@@H](CCC(=O)O)NC(=O)[C@H](N)CCC(=O)O. The third-order valence-corrected chi connectivity index (χ3v) is 20.0. The number of rotatable bonds is 50. The highest BCUT2D eigenvalue weighted by Crippen LogP contribution is 2.49. The van der Waals surface area contributed by atoms with Crippen molar-refractivity contribution in [2.75, 3.05) is 44.4 Å². The van der Waals surface area contributed by atoms with Crippen molar-refractivity contribution in [3.8, 4) is 0 Å². The van der Waals surface area contributed by atoms with Gasteiger partial charge in [0, 0.05) is 104 Å². The van der Waals surface area contributed by atoms with Crippen LogP contribution in [0.3, 0.4) is 0 Å². The Morgan fingerprint density at radius 2 is 1.19 bits per heavy atom. The second-order valence-electron chi connectivity index (χ2n) is 27.6. The molecule has 0 radical (unpaired) electrons. The molecule has 0 aliphatic carbocycles. The maximum Gasteiger partial charge on any atom is 0.303 e. The molecule has 1 unspecified atom stereocenters. The molecule has 34 nitrogen and oxygen atoms in total. The normalized spacial score (nSPS) is 15.9. The van der Waals surface area contributed by atoms with Crippen LogP contribution in [0, 0.1) is 5.92 Å². The summed E-state index contributed by atoms with van der Waals surface area (Å²) in [5.74, 6) is -15.2. The van der Waals surface area contributed by atoms with Crippen molar-refractivity contribution in [3.63, 3.8) is 0 Å². The molecule has 7 atom stereocenters. The molecule has 112 heavy (non-hydrogen) atoms. The van der Waals surface area contributed by atoms with Crippen molar-refractivity contribution in [2.45, 2.75) is 195 Å². The Hall–Kier alpha value is -10.7. The van der Waals surface area contributed by atoms with Gasteiger partial charge in [0.25, 0.3) is 10.1 Å². The van der Waals surface area contributed by atoms with Gasteiger partial charge in [0.15, 0.2) is 5.78 Å². The van der Waals surface area contributed by atoms with E-state index in [2.05, 4.69) is 42.0 Å². The van der Waals surface area contributed by atoms with Crippen LogP contribution in [0.5, 0.6) is 0 Å². The fraction of sp³-hybridized carbons (Fsp3) is 0.474. The number of allylic oxidation sites excluding steroid dienone is 8. The lowest BCUT2D eigenvalue weighted by atomic mass is 9.81. The molecule has 3 aromatic rings. The molecule has 3 aromatic carbocycles. The highest BCUT2D eigenvalue weighted by atomic mass is 32.2. The Kier molecular flexibility index (Phi) is 36.4. The Balaban J connectivity index is 1.19. The summed E-state index contributed by atoms with van der Waals surface area (Å²) in [6.07, 6.45) is 7.71. The topological polar surface area (TPSA) is 545 Å². The van der Waals surface area contributed by atoms with E-state index in [9.17, 15) is 99.7 Å². The quantitative estimate of drug-likeness (QED) is 0.00896. The van der Waals surface area contributed by atoms with Gasteiger partial charge in [0.05, 0.1) is 47.2 Å². The number of carboxylic acid groups (broad SMARTS) is 5. The second-order valence-corrected chi connectivity index (χ2v) is 29.9. The Bertz CT molecular complexity index is 4250. The molecule has 2 aliphatic heterocycles. The van der Waals surface area contributed by atoms with Crippen LogP contribution in [0.2, 0.25) is 0 Å². The molecule has 6 amide bonds. The summed E-state index contributed by atoms with van der Waals surface area (Å²) in [5, 5.41) is 66.3. The highest BCUT2D eigenvalue weighted by Gasteiger charge is 2.41. The molecule has 36 heteroatoms. The number of nitrogens with two attached hydrogens (primary N) is 1. The first-order valence-corrected chi connectivity index (χ1v) is 38.8. The largest absolute Gasteiger partial charge is 0.768 e. The number of hydrogen-bond donors (Lipinski definition) is 13. The minimum absolute atomic E-state index is 0.00435. The molecule has 610 valence electrons. The summed E-state index contributed by atoms with van der Waals surface area (Å²) in [6, 6.07) is 7.76. The van der Waals surface area contributed by atoms with Crippen LogP contribution >= 0.6 is 0 Å². The Morgan fingerprint density at radius 1 is 0.625 bits per heavy atom. The standard InChI is InChI=1S/C76H100N10O24S2/c1-7-109-40-37-79-72(101)59(84-74(103)58(30-36-69(97)98)83-73(102)57(29-35-68(95)96)82-70(99)49(23-32-65(89)90)43-61(87)56(28-34-67(93)94)81-71(100)54(77)26-33-66(91)92)42-47-19-21-48(22-20-47)46(2)85-110-41-38-78-64(88)18-14-11-15-39-86-60-31-25-51(112(106,107)108)45-53(60)76(5,6)63(86)17-13-10-8-9-12-16-62-75(3,4)52-44-50(111(104)105)24-27-55(52)80-62/h8-10,12-13,16-17,19-22,24-25,27,31,44-45,49,54,56-59H,7,11,14-15,18,23,26,28-30,32-43,77H2,1-6H3,(H,78,88)(H,79,101)(H,81,100)(H,82,99)(H,83,102)(H,84,103)(H,89,90)(H,91,92)(H,93,94)(H,95,96)(H,97,98)(H,104,105)(H,106,107,108)/p-1/b9-8+,13-10+,16-12+,63-17+,85-46+/t49-,54+,56+,57+,58+,59-/m0/s1. The van der Waals surface area contributed by atoms with Gasteiger partial charge in [-0.3, -0.25) is 71.3 Å². The van der Waals surface area contributed by atoms with Crippen LogP contribution in [0.25, 0.3) is 0 Å². The number of benzene rings is 3. The first-order valence-electron chi connectivity index (χ1n) is 36.3. The maximum atomic E-state index is 14.3. The van der Waals surface area contributed by atoms with Crippen molar-refractivity contribution in [1.29, 1.82) is 0 Å². The Labute approximate surface area is 650 Å². The van der Waals surface area contributed by atoms with Crippen molar-refractivity contribution < 1.29 is 114 Å². The fourth-order valence-electron chi connectivity index (χ4n) is 12.2. The zero-order valence-corrected chi connectivity index (χ0v) is 64.7. The van der Waals surface area contributed by atoms with Crippen LogP contribution < -0.4 is 42.5 Å². The lowest BCUT2D eigenvalue weighted by Gasteiger charge is -2.27. The molecule has 0 aromatic heterocycles. The molecule has 0 spiro atoms. The van der Waals surface area contributed by atoms with Gasteiger partial charge >= 0.3 is 29.8 Å². The molecular weight excluding hydrogens is 1500 g/mol. The van der Waals surface area contributed by atoms with Gasteiger partial charge in [0.2, 0.25) is 35.4 Å². The van der Waals surface area contributed by atoms with Gasteiger partial charge in [-0.2, -0.15) is 8.42 Å². The average molecular weight is 1600 g/mol. The lowest BCUT2D eigenvalue weighted by molar-refractivity contribution is -0.141. The van der Waals surface area contributed by atoms with E-state index in [1.807, 2.05) is 70.2 Å². The number of carboxylic acids is 5. The van der Waals surface area contributed by atoms with Gasteiger partial charge < -0.3 is 82.2 Å². The number of oxime groups is 1. The number of fused-ring (bicyclic) bond motifs is 2. The van der Waals surface area contributed by atoms with Crippen LogP contribution in [0.4, 0.5) is 11.4 Å². The summed E-state index contributed by atoms with van der Waals surface area (Å²) < 4.78 is 63.0. The average Bonchev–Trinajstić information content (AvgIpc) is 1.60. The summed E-state index contributed by atoms with van der Waals surface area (Å²) in [7, 11) is -4.50. The van der Waals surface area contributed by atoms with E-state index in [1.54, 1.807) is 56.3 Å². The summed E-state index contributed by atoms with van der Waals surface area (Å²) in [6.45, 7) is 12.3. The van der Waals surface area contributed by atoms with Gasteiger partial charge in [0.1, 0.15) is 24.7 Å². The first-order chi connectivity index (χ1) is 52.8. The third-order valence-electron chi connectivity index (χ3n) is 18.5. The van der Waals surface area contributed by atoms with Crippen molar-refractivity contribution in [2.24, 2.45) is 21.8 Å². The zero-order chi connectivity index (χ0) is 83.0. The number of carbonyl (C=O) groups excluding carboxylic acids is 7. The van der Waals surface area contributed by atoms with E-state index in [1.165, 1.54) is 18.2 Å².